The first-order valence-electron chi connectivity index (χ1n) is 9.63. The summed E-state index contributed by atoms with van der Waals surface area (Å²) in [5, 5.41) is 3.52. The fourth-order valence-corrected chi connectivity index (χ4v) is 3.59. The van der Waals surface area contributed by atoms with E-state index >= 15 is 0 Å². The van der Waals surface area contributed by atoms with Gasteiger partial charge in [0, 0.05) is 31.7 Å². The van der Waals surface area contributed by atoms with Gasteiger partial charge in [-0.1, -0.05) is 24.3 Å². The highest BCUT2D eigenvalue weighted by atomic mass is 16.5. The highest BCUT2D eigenvalue weighted by molar-refractivity contribution is 5.97. The minimum atomic E-state index is -0.185. The van der Waals surface area contributed by atoms with E-state index in [0.29, 0.717) is 36.2 Å². The van der Waals surface area contributed by atoms with Crippen molar-refractivity contribution >= 4 is 16.8 Å². The number of ether oxygens (including phenoxy) is 1. The summed E-state index contributed by atoms with van der Waals surface area (Å²) in [5.74, 6) is 0.621. The number of rotatable bonds is 6. The van der Waals surface area contributed by atoms with Gasteiger partial charge < -0.3 is 10.1 Å². The standard InChI is InChI=1S/C22H23N3O3/c1-2-28-14-17-7-4-3-6-16(17)13-23-21(26)15-9-10-18-19(12-15)24-20-8-5-11-25(20)22(18)27/h3-4,6-7,9-10,12H,2,5,8,11,13-14H2,1H3,(H,23,26). The van der Waals surface area contributed by atoms with Gasteiger partial charge >= 0.3 is 0 Å². The number of hydrogen-bond acceptors (Lipinski definition) is 4. The number of aryl methyl sites for hydroxylation is 1. The second kappa shape index (κ2) is 7.94. The van der Waals surface area contributed by atoms with Gasteiger partial charge in [-0.3, -0.25) is 14.2 Å². The van der Waals surface area contributed by atoms with Crippen LogP contribution in [0.15, 0.2) is 47.3 Å². The highest BCUT2D eigenvalue weighted by Gasteiger charge is 2.17. The Balaban J connectivity index is 1.54. The third kappa shape index (κ3) is 3.55. The summed E-state index contributed by atoms with van der Waals surface area (Å²) in [6.45, 7) is 4.27. The molecule has 2 heterocycles. The molecule has 1 N–H and O–H groups in total. The van der Waals surface area contributed by atoms with Gasteiger partial charge in [0.25, 0.3) is 11.5 Å². The summed E-state index contributed by atoms with van der Waals surface area (Å²) < 4.78 is 7.23. The van der Waals surface area contributed by atoms with Gasteiger partial charge in [-0.05, 0) is 42.7 Å². The smallest absolute Gasteiger partial charge is 0.261 e. The molecule has 0 aliphatic carbocycles. The quantitative estimate of drug-likeness (QED) is 0.717. The largest absolute Gasteiger partial charge is 0.377 e. The number of nitrogens with one attached hydrogen (secondary N) is 1. The van der Waals surface area contributed by atoms with Crippen LogP contribution in [-0.4, -0.2) is 22.1 Å². The van der Waals surface area contributed by atoms with Crippen LogP contribution in [-0.2, 0) is 30.9 Å². The van der Waals surface area contributed by atoms with Crippen molar-refractivity contribution in [2.45, 2.75) is 39.5 Å². The molecule has 0 spiro atoms. The number of carbonyl (C=O) groups is 1. The Morgan fingerprint density at radius 1 is 1.21 bits per heavy atom. The van der Waals surface area contributed by atoms with Gasteiger partial charge in [0.15, 0.2) is 0 Å². The molecule has 1 aliphatic rings. The minimum absolute atomic E-state index is 0.0192. The van der Waals surface area contributed by atoms with E-state index < -0.39 is 0 Å². The van der Waals surface area contributed by atoms with E-state index in [0.717, 1.165) is 36.3 Å². The lowest BCUT2D eigenvalue weighted by Crippen LogP contribution is -2.24. The van der Waals surface area contributed by atoms with E-state index in [1.807, 2.05) is 31.2 Å². The summed E-state index contributed by atoms with van der Waals surface area (Å²) >= 11 is 0. The summed E-state index contributed by atoms with van der Waals surface area (Å²) in [6.07, 6.45) is 1.74. The molecule has 6 nitrogen and oxygen atoms in total. The molecule has 1 amide bonds. The molecule has 0 unspecified atom stereocenters. The third-order valence-electron chi connectivity index (χ3n) is 5.10. The summed E-state index contributed by atoms with van der Waals surface area (Å²) in [4.78, 5) is 29.8. The second-order valence-corrected chi connectivity index (χ2v) is 6.91. The van der Waals surface area contributed by atoms with Crippen LogP contribution in [0.5, 0.6) is 0 Å². The van der Waals surface area contributed by atoms with Crippen molar-refractivity contribution in [3.63, 3.8) is 0 Å². The molecule has 2 aromatic carbocycles. The minimum Gasteiger partial charge on any atom is -0.377 e. The zero-order valence-electron chi connectivity index (χ0n) is 15.9. The molecule has 0 fully saturated rings. The van der Waals surface area contributed by atoms with Crippen LogP contribution in [0.4, 0.5) is 0 Å². The molecule has 28 heavy (non-hydrogen) atoms. The SMILES string of the molecule is CCOCc1ccccc1CNC(=O)c1ccc2c(=O)n3c(nc2c1)CCC3. The maximum absolute atomic E-state index is 12.7. The molecule has 0 saturated carbocycles. The fraction of sp³-hybridized carbons (Fsp3) is 0.318. The molecular weight excluding hydrogens is 354 g/mol. The lowest BCUT2D eigenvalue weighted by molar-refractivity contribution is 0.0950. The Labute approximate surface area is 163 Å². The fourth-order valence-electron chi connectivity index (χ4n) is 3.59. The lowest BCUT2D eigenvalue weighted by Gasteiger charge is -2.11. The molecule has 3 aromatic rings. The Bertz CT molecular complexity index is 1090. The number of nitrogens with zero attached hydrogens (tertiary/aromatic N) is 2. The van der Waals surface area contributed by atoms with E-state index in [9.17, 15) is 9.59 Å². The summed E-state index contributed by atoms with van der Waals surface area (Å²) in [6, 6.07) is 13.0. The molecule has 1 aromatic heterocycles. The Kier molecular flexibility index (Phi) is 5.21. The predicted octanol–water partition coefficient (Wildman–Crippen LogP) is 2.81. The maximum atomic E-state index is 12.7. The number of hydrogen-bond donors (Lipinski definition) is 1. The molecule has 144 valence electrons. The van der Waals surface area contributed by atoms with Crippen LogP contribution in [0.2, 0.25) is 0 Å². The number of fused-ring (bicyclic) bond motifs is 2. The second-order valence-electron chi connectivity index (χ2n) is 6.91. The average molecular weight is 377 g/mol. The number of aromatic nitrogens is 2. The predicted molar refractivity (Wildman–Crippen MR) is 107 cm³/mol. The van der Waals surface area contributed by atoms with Crippen molar-refractivity contribution in [2.24, 2.45) is 0 Å². The third-order valence-corrected chi connectivity index (χ3v) is 5.10. The van der Waals surface area contributed by atoms with E-state index in [2.05, 4.69) is 10.3 Å². The van der Waals surface area contributed by atoms with Crippen LogP contribution < -0.4 is 10.9 Å². The van der Waals surface area contributed by atoms with Crippen LogP contribution in [0, 0.1) is 0 Å². The number of carbonyl (C=O) groups excluding carboxylic acids is 1. The molecule has 0 bridgehead atoms. The first-order valence-corrected chi connectivity index (χ1v) is 9.63. The van der Waals surface area contributed by atoms with E-state index in [1.54, 1.807) is 22.8 Å². The normalized spacial score (nSPS) is 12.9. The monoisotopic (exact) mass is 377 g/mol. The Morgan fingerprint density at radius 2 is 2.04 bits per heavy atom. The first-order chi connectivity index (χ1) is 13.7. The Hall–Kier alpha value is -2.99. The van der Waals surface area contributed by atoms with E-state index in [-0.39, 0.29) is 11.5 Å². The van der Waals surface area contributed by atoms with E-state index in [1.165, 1.54) is 0 Å². The van der Waals surface area contributed by atoms with Crippen molar-refractivity contribution in [3.8, 4) is 0 Å². The van der Waals surface area contributed by atoms with Gasteiger partial charge in [-0.2, -0.15) is 0 Å². The molecule has 4 rings (SSSR count). The van der Waals surface area contributed by atoms with Crippen molar-refractivity contribution in [1.82, 2.24) is 14.9 Å². The van der Waals surface area contributed by atoms with Crippen LogP contribution in [0.1, 0.15) is 40.7 Å². The first kappa shape index (κ1) is 18.4. The summed E-state index contributed by atoms with van der Waals surface area (Å²) in [7, 11) is 0. The van der Waals surface area contributed by atoms with Crippen molar-refractivity contribution in [1.29, 1.82) is 0 Å². The maximum Gasteiger partial charge on any atom is 0.261 e. The van der Waals surface area contributed by atoms with E-state index in [4.69, 9.17) is 4.74 Å². The highest BCUT2D eigenvalue weighted by Crippen LogP contribution is 2.16. The number of amides is 1. The number of benzene rings is 2. The van der Waals surface area contributed by atoms with Crippen LogP contribution in [0.25, 0.3) is 10.9 Å². The summed E-state index contributed by atoms with van der Waals surface area (Å²) in [5.41, 5.74) is 3.16. The molecule has 0 radical (unpaired) electrons. The van der Waals surface area contributed by atoms with Crippen LogP contribution in [0.3, 0.4) is 0 Å². The van der Waals surface area contributed by atoms with Crippen LogP contribution >= 0.6 is 0 Å². The van der Waals surface area contributed by atoms with Gasteiger partial charge in [0.05, 0.1) is 17.5 Å². The topological polar surface area (TPSA) is 73.2 Å². The van der Waals surface area contributed by atoms with Crippen molar-refractivity contribution in [2.75, 3.05) is 6.61 Å². The molecule has 0 atom stereocenters. The molecule has 6 heteroatoms. The average Bonchev–Trinajstić information content (AvgIpc) is 3.19. The van der Waals surface area contributed by atoms with Crippen molar-refractivity contribution < 1.29 is 9.53 Å². The Morgan fingerprint density at radius 3 is 2.86 bits per heavy atom. The lowest BCUT2D eigenvalue weighted by atomic mass is 10.1. The van der Waals surface area contributed by atoms with Gasteiger partial charge in [-0.25, -0.2) is 4.98 Å². The van der Waals surface area contributed by atoms with Gasteiger partial charge in [0.2, 0.25) is 0 Å². The molecule has 0 saturated heterocycles. The van der Waals surface area contributed by atoms with Crippen molar-refractivity contribution in [3.05, 3.63) is 75.3 Å². The molecule has 1 aliphatic heterocycles. The van der Waals surface area contributed by atoms with Gasteiger partial charge in [0.1, 0.15) is 5.82 Å². The zero-order chi connectivity index (χ0) is 19.5. The zero-order valence-corrected chi connectivity index (χ0v) is 15.9. The molecular formula is C22H23N3O3. The van der Waals surface area contributed by atoms with Gasteiger partial charge in [-0.15, -0.1) is 0 Å².